The van der Waals surface area contributed by atoms with Crippen LogP contribution in [0.4, 0.5) is 0 Å². The molecule has 0 fully saturated rings. The predicted molar refractivity (Wildman–Crippen MR) is 54.9 cm³/mol. The van der Waals surface area contributed by atoms with Crippen LogP contribution in [0.2, 0.25) is 0 Å². The first-order valence-electron chi connectivity index (χ1n) is 5.26. The Morgan fingerprint density at radius 3 is 2.36 bits per heavy atom. The summed E-state index contributed by atoms with van der Waals surface area (Å²) in [6.07, 6.45) is 2.44. The molecule has 0 aromatic heterocycles. The van der Waals surface area contributed by atoms with E-state index in [0.29, 0.717) is 13.0 Å². The van der Waals surface area contributed by atoms with E-state index < -0.39 is 0 Å². The first-order chi connectivity index (χ1) is 6.57. The van der Waals surface area contributed by atoms with Crippen LogP contribution in [0.15, 0.2) is 0 Å². The van der Waals surface area contributed by atoms with Gasteiger partial charge in [0.2, 0.25) is 0 Å². The average molecular weight is 200 g/mol. The first-order valence-corrected chi connectivity index (χ1v) is 5.26. The minimum atomic E-state index is -0.257. The third-order valence-electron chi connectivity index (χ3n) is 1.98. The Morgan fingerprint density at radius 2 is 1.86 bits per heavy atom. The highest BCUT2D eigenvalue weighted by atomic mass is 16.5. The third kappa shape index (κ3) is 6.63. The highest BCUT2D eigenvalue weighted by Crippen LogP contribution is 2.03. The van der Waals surface area contributed by atoms with Crippen molar-refractivity contribution in [2.45, 2.75) is 46.5 Å². The monoisotopic (exact) mass is 200 g/mol. The lowest BCUT2D eigenvalue weighted by Gasteiger charge is -2.04. The molecular weight excluding hydrogens is 180 g/mol. The molecule has 0 radical (unpaired) electrons. The van der Waals surface area contributed by atoms with Crippen molar-refractivity contribution in [1.29, 1.82) is 0 Å². The van der Waals surface area contributed by atoms with Crippen LogP contribution >= 0.6 is 0 Å². The number of ether oxygens (including phenoxy) is 1. The van der Waals surface area contributed by atoms with Crippen molar-refractivity contribution in [1.82, 2.24) is 0 Å². The quantitative estimate of drug-likeness (QED) is 0.468. The molecule has 0 amide bonds. The minimum Gasteiger partial charge on any atom is -0.466 e. The molecule has 0 heterocycles. The standard InChI is InChI=1S/C11H20O3/c1-4-5-8-14-11(13)7-6-10(12)9(2)3/h9H,4-8H2,1-3H3. The second-order valence-electron chi connectivity index (χ2n) is 3.70. The van der Waals surface area contributed by atoms with Crippen LogP contribution in [0.25, 0.3) is 0 Å². The van der Waals surface area contributed by atoms with Gasteiger partial charge >= 0.3 is 5.97 Å². The Bertz CT molecular complexity index is 185. The molecule has 0 saturated heterocycles. The van der Waals surface area contributed by atoms with Crippen molar-refractivity contribution < 1.29 is 14.3 Å². The summed E-state index contributed by atoms with van der Waals surface area (Å²) in [4.78, 5) is 22.2. The number of ketones is 1. The van der Waals surface area contributed by atoms with Crippen LogP contribution < -0.4 is 0 Å². The summed E-state index contributed by atoms with van der Waals surface area (Å²) >= 11 is 0. The average Bonchev–Trinajstić information content (AvgIpc) is 2.14. The van der Waals surface area contributed by atoms with E-state index in [1.165, 1.54) is 0 Å². The molecule has 0 aromatic carbocycles. The van der Waals surface area contributed by atoms with Crippen molar-refractivity contribution in [2.75, 3.05) is 6.61 Å². The normalized spacial score (nSPS) is 10.3. The number of esters is 1. The molecule has 0 spiro atoms. The lowest BCUT2D eigenvalue weighted by Crippen LogP contribution is -2.12. The molecule has 0 aliphatic rings. The van der Waals surface area contributed by atoms with E-state index in [4.69, 9.17) is 4.74 Å². The Morgan fingerprint density at radius 1 is 1.21 bits per heavy atom. The largest absolute Gasteiger partial charge is 0.466 e. The molecule has 0 saturated carbocycles. The molecule has 0 aliphatic heterocycles. The fourth-order valence-corrected chi connectivity index (χ4v) is 0.916. The molecule has 0 bridgehead atoms. The predicted octanol–water partition coefficient (Wildman–Crippen LogP) is 2.33. The zero-order chi connectivity index (χ0) is 11.0. The molecule has 0 N–H and O–H groups in total. The first kappa shape index (κ1) is 13.1. The number of carbonyl (C=O) groups is 2. The lowest BCUT2D eigenvalue weighted by molar-refractivity contribution is -0.145. The SMILES string of the molecule is CCCCOC(=O)CCC(=O)C(C)C. The molecule has 3 heteroatoms. The van der Waals surface area contributed by atoms with Gasteiger partial charge in [0.1, 0.15) is 5.78 Å². The summed E-state index contributed by atoms with van der Waals surface area (Å²) in [5.41, 5.74) is 0. The molecule has 0 aromatic rings. The second kappa shape index (κ2) is 7.54. The van der Waals surface area contributed by atoms with Gasteiger partial charge < -0.3 is 4.74 Å². The zero-order valence-electron chi connectivity index (χ0n) is 9.34. The molecule has 82 valence electrons. The summed E-state index contributed by atoms with van der Waals surface area (Å²) in [6, 6.07) is 0. The van der Waals surface area contributed by atoms with Crippen molar-refractivity contribution in [3.8, 4) is 0 Å². The van der Waals surface area contributed by atoms with Gasteiger partial charge in [0.05, 0.1) is 13.0 Å². The van der Waals surface area contributed by atoms with Crippen molar-refractivity contribution in [2.24, 2.45) is 5.92 Å². The van der Waals surface area contributed by atoms with Gasteiger partial charge in [-0.05, 0) is 6.42 Å². The highest BCUT2D eigenvalue weighted by Gasteiger charge is 2.10. The Balaban J connectivity index is 3.49. The molecule has 0 rings (SSSR count). The molecule has 0 aliphatic carbocycles. The van der Waals surface area contributed by atoms with E-state index in [0.717, 1.165) is 12.8 Å². The van der Waals surface area contributed by atoms with Gasteiger partial charge in [-0.2, -0.15) is 0 Å². The lowest BCUT2D eigenvalue weighted by atomic mass is 10.1. The van der Waals surface area contributed by atoms with Crippen molar-refractivity contribution >= 4 is 11.8 Å². The van der Waals surface area contributed by atoms with Crippen molar-refractivity contribution in [3.63, 3.8) is 0 Å². The number of Topliss-reactive ketones (excluding diaryl/α,β-unsaturated/α-hetero) is 1. The van der Waals surface area contributed by atoms with Gasteiger partial charge in [0.25, 0.3) is 0 Å². The Kier molecular flexibility index (Phi) is 7.07. The second-order valence-corrected chi connectivity index (χ2v) is 3.70. The molecule has 14 heavy (non-hydrogen) atoms. The molecule has 3 nitrogen and oxygen atoms in total. The van der Waals surface area contributed by atoms with E-state index >= 15 is 0 Å². The molecule has 0 unspecified atom stereocenters. The van der Waals surface area contributed by atoms with E-state index in [2.05, 4.69) is 0 Å². The summed E-state index contributed by atoms with van der Waals surface area (Å²) in [7, 11) is 0. The van der Waals surface area contributed by atoms with E-state index in [-0.39, 0.29) is 24.1 Å². The van der Waals surface area contributed by atoms with Crippen LogP contribution in [-0.2, 0) is 14.3 Å². The summed E-state index contributed by atoms with van der Waals surface area (Å²) in [6.45, 7) is 6.19. The van der Waals surface area contributed by atoms with E-state index in [1.807, 2.05) is 20.8 Å². The topological polar surface area (TPSA) is 43.4 Å². The number of unbranched alkanes of at least 4 members (excludes halogenated alkanes) is 1. The van der Waals surface area contributed by atoms with Crippen LogP contribution in [0.3, 0.4) is 0 Å². The zero-order valence-corrected chi connectivity index (χ0v) is 9.34. The third-order valence-corrected chi connectivity index (χ3v) is 1.98. The number of hydrogen-bond donors (Lipinski definition) is 0. The van der Waals surface area contributed by atoms with Gasteiger partial charge in [0.15, 0.2) is 0 Å². The molecule has 0 atom stereocenters. The number of hydrogen-bond acceptors (Lipinski definition) is 3. The Hall–Kier alpha value is -0.860. The Labute approximate surface area is 85.8 Å². The summed E-state index contributed by atoms with van der Waals surface area (Å²) in [5.74, 6) is -0.122. The summed E-state index contributed by atoms with van der Waals surface area (Å²) in [5, 5.41) is 0. The van der Waals surface area contributed by atoms with Crippen LogP contribution in [0.5, 0.6) is 0 Å². The maximum atomic E-state index is 11.2. The summed E-state index contributed by atoms with van der Waals surface area (Å²) < 4.78 is 4.92. The van der Waals surface area contributed by atoms with Gasteiger partial charge in [-0.1, -0.05) is 27.2 Å². The van der Waals surface area contributed by atoms with Gasteiger partial charge in [-0.3, -0.25) is 9.59 Å². The van der Waals surface area contributed by atoms with Gasteiger partial charge in [-0.25, -0.2) is 0 Å². The maximum Gasteiger partial charge on any atom is 0.306 e. The smallest absolute Gasteiger partial charge is 0.306 e. The highest BCUT2D eigenvalue weighted by molar-refractivity contribution is 5.84. The number of carbonyl (C=O) groups excluding carboxylic acids is 2. The van der Waals surface area contributed by atoms with E-state index in [1.54, 1.807) is 0 Å². The van der Waals surface area contributed by atoms with Crippen LogP contribution in [0.1, 0.15) is 46.5 Å². The van der Waals surface area contributed by atoms with Gasteiger partial charge in [-0.15, -0.1) is 0 Å². The van der Waals surface area contributed by atoms with E-state index in [9.17, 15) is 9.59 Å². The fraction of sp³-hybridized carbons (Fsp3) is 0.818. The van der Waals surface area contributed by atoms with Crippen LogP contribution in [-0.4, -0.2) is 18.4 Å². The van der Waals surface area contributed by atoms with Gasteiger partial charge in [0, 0.05) is 12.3 Å². The van der Waals surface area contributed by atoms with Crippen molar-refractivity contribution in [3.05, 3.63) is 0 Å². The molecular formula is C11H20O3. The maximum absolute atomic E-state index is 11.2. The minimum absolute atomic E-state index is 0.0124. The number of rotatable bonds is 7. The van der Waals surface area contributed by atoms with Crippen LogP contribution in [0, 0.1) is 5.92 Å². The fourth-order valence-electron chi connectivity index (χ4n) is 0.916.